The van der Waals surface area contributed by atoms with Gasteiger partial charge in [0, 0.05) is 5.69 Å². The summed E-state index contributed by atoms with van der Waals surface area (Å²) in [5.41, 5.74) is 7.81. The summed E-state index contributed by atoms with van der Waals surface area (Å²) in [5.74, 6) is 0. The summed E-state index contributed by atoms with van der Waals surface area (Å²) in [6, 6.07) is 6.72. The second-order valence-corrected chi connectivity index (χ2v) is 5.91. The Kier molecular flexibility index (Phi) is 5.18. The van der Waals surface area contributed by atoms with Gasteiger partial charge in [-0.1, -0.05) is 36.2 Å². The fourth-order valence-corrected chi connectivity index (χ4v) is 2.97. The molecule has 0 aliphatic heterocycles. The van der Waals surface area contributed by atoms with Crippen LogP contribution in [0.1, 0.15) is 40.6 Å². The molecular weight excluding hydrogens is 258 g/mol. The topological polar surface area (TPSA) is 29.9 Å². The fraction of sp³-hybridized carbons (Fsp3) is 0.500. The average molecular weight is 285 g/mol. The van der Waals surface area contributed by atoms with Crippen molar-refractivity contribution < 1.29 is 0 Å². The number of benzene rings is 1. The Morgan fingerprint density at radius 2 is 1.71 bits per heavy atom. The maximum Gasteiger partial charge on any atom is 0.0662 e. The summed E-state index contributed by atoms with van der Waals surface area (Å²) in [6.07, 6.45) is 1.05. The second-order valence-electron chi connectivity index (χ2n) is 5.91. The molecule has 3 nitrogen and oxygen atoms in total. The van der Waals surface area contributed by atoms with Crippen LogP contribution < -0.4 is 5.32 Å². The quantitative estimate of drug-likeness (QED) is 0.825. The second kappa shape index (κ2) is 6.90. The first-order valence-electron chi connectivity index (χ1n) is 7.82. The number of aryl methyl sites for hydroxylation is 3. The van der Waals surface area contributed by atoms with E-state index in [4.69, 9.17) is 5.10 Å². The van der Waals surface area contributed by atoms with E-state index in [0.717, 1.165) is 31.7 Å². The first-order chi connectivity index (χ1) is 10.0. The fourth-order valence-electron chi connectivity index (χ4n) is 2.97. The van der Waals surface area contributed by atoms with E-state index in [0.29, 0.717) is 0 Å². The third-order valence-electron chi connectivity index (χ3n) is 3.95. The molecule has 0 aliphatic rings. The van der Waals surface area contributed by atoms with E-state index in [1.165, 1.54) is 27.9 Å². The van der Waals surface area contributed by atoms with Gasteiger partial charge in [-0.05, 0) is 58.3 Å². The zero-order chi connectivity index (χ0) is 15.4. The minimum atomic E-state index is 0.858. The van der Waals surface area contributed by atoms with Crippen molar-refractivity contribution in [1.29, 1.82) is 0 Å². The van der Waals surface area contributed by atoms with Crippen LogP contribution in [0.2, 0.25) is 0 Å². The minimum Gasteiger partial charge on any atom is -0.317 e. The van der Waals surface area contributed by atoms with Gasteiger partial charge >= 0.3 is 0 Å². The predicted molar refractivity (Wildman–Crippen MR) is 89.0 cm³/mol. The van der Waals surface area contributed by atoms with Gasteiger partial charge in [0.05, 0.1) is 12.2 Å². The van der Waals surface area contributed by atoms with Gasteiger partial charge in [-0.3, -0.25) is 4.68 Å². The minimum absolute atomic E-state index is 0.858. The Balaban J connectivity index is 2.18. The predicted octanol–water partition coefficient (Wildman–Crippen LogP) is 3.32. The van der Waals surface area contributed by atoms with Crippen molar-refractivity contribution in [3.63, 3.8) is 0 Å². The number of hydrogen-bond donors (Lipinski definition) is 1. The van der Waals surface area contributed by atoms with Gasteiger partial charge in [-0.15, -0.1) is 0 Å². The average Bonchev–Trinajstić information content (AvgIpc) is 2.65. The molecule has 1 heterocycles. The molecule has 0 saturated carbocycles. The van der Waals surface area contributed by atoms with Crippen molar-refractivity contribution in [2.24, 2.45) is 0 Å². The number of nitrogens with zero attached hydrogens (tertiary/aromatic N) is 2. The Hall–Kier alpha value is -1.61. The van der Waals surface area contributed by atoms with Gasteiger partial charge < -0.3 is 5.32 Å². The molecule has 0 bridgehead atoms. The lowest BCUT2D eigenvalue weighted by molar-refractivity contribution is 0.656. The van der Waals surface area contributed by atoms with E-state index in [1.54, 1.807) is 0 Å². The molecule has 0 atom stereocenters. The first kappa shape index (κ1) is 15.8. The SMILES string of the molecule is CCNCCc1c(C)nn(Cc2cc(C)cc(C)c2)c1C. The van der Waals surface area contributed by atoms with Gasteiger partial charge in [-0.25, -0.2) is 0 Å². The van der Waals surface area contributed by atoms with Crippen LogP contribution in [-0.4, -0.2) is 22.9 Å². The van der Waals surface area contributed by atoms with E-state index < -0.39 is 0 Å². The van der Waals surface area contributed by atoms with Crippen molar-refractivity contribution in [3.8, 4) is 0 Å². The Morgan fingerprint density at radius 3 is 2.33 bits per heavy atom. The molecule has 21 heavy (non-hydrogen) atoms. The van der Waals surface area contributed by atoms with Gasteiger partial charge in [-0.2, -0.15) is 5.10 Å². The van der Waals surface area contributed by atoms with E-state index in [-0.39, 0.29) is 0 Å². The van der Waals surface area contributed by atoms with E-state index in [1.807, 2.05) is 0 Å². The van der Waals surface area contributed by atoms with Gasteiger partial charge in [0.1, 0.15) is 0 Å². The van der Waals surface area contributed by atoms with Crippen LogP contribution >= 0.6 is 0 Å². The molecule has 2 rings (SSSR count). The molecule has 0 saturated heterocycles. The summed E-state index contributed by atoms with van der Waals surface area (Å²) in [7, 11) is 0. The molecule has 1 aromatic heterocycles. The number of aromatic nitrogens is 2. The highest BCUT2D eigenvalue weighted by atomic mass is 15.3. The highest BCUT2D eigenvalue weighted by Crippen LogP contribution is 2.16. The van der Waals surface area contributed by atoms with E-state index >= 15 is 0 Å². The number of likely N-dealkylation sites (N-methyl/N-ethyl adjacent to an activating group) is 1. The summed E-state index contributed by atoms with van der Waals surface area (Å²) in [4.78, 5) is 0. The summed E-state index contributed by atoms with van der Waals surface area (Å²) >= 11 is 0. The zero-order valence-corrected chi connectivity index (χ0v) is 14.0. The molecule has 0 unspecified atom stereocenters. The molecule has 2 aromatic rings. The molecule has 0 radical (unpaired) electrons. The van der Waals surface area contributed by atoms with E-state index in [9.17, 15) is 0 Å². The maximum atomic E-state index is 4.73. The Labute approximate surface area is 128 Å². The molecule has 0 aliphatic carbocycles. The van der Waals surface area contributed by atoms with Gasteiger partial charge in [0.25, 0.3) is 0 Å². The van der Waals surface area contributed by atoms with Crippen LogP contribution in [0.15, 0.2) is 18.2 Å². The first-order valence-corrected chi connectivity index (χ1v) is 7.82. The van der Waals surface area contributed by atoms with Crippen molar-refractivity contribution in [3.05, 3.63) is 51.8 Å². The van der Waals surface area contributed by atoms with Crippen molar-refractivity contribution >= 4 is 0 Å². The monoisotopic (exact) mass is 285 g/mol. The lowest BCUT2D eigenvalue weighted by Crippen LogP contribution is -2.16. The van der Waals surface area contributed by atoms with Crippen molar-refractivity contribution in [2.75, 3.05) is 13.1 Å². The highest BCUT2D eigenvalue weighted by molar-refractivity contribution is 5.30. The molecule has 114 valence electrons. The third kappa shape index (κ3) is 3.94. The van der Waals surface area contributed by atoms with Crippen molar-refractivity contribution in [1.82, 2.24) is 15.1 Å². The number of nitrogens with one attached hydrogen (secondary N) is 1. The van der Waals surface area contributed by atoms with Crippen LogP contribution in [0.5, 0.6) is 0 Å². The third-order valence-corrected chi connectivity index (χ3v) is 3.95. The summed E-state index contributed by atoms with van der Waals surface area (Å²) in [6.45, 7) is 13.6. The zero-order valence-electron chi connectivity index (χ0n) is 14.0. The van der Waals surface area contributed by atoms with Crippen molar-refractivity contribution in [2.45, 2.75) is 47.6 Å². The lowest BCUT2D eigenvalue weighted by atomic mass is 10.1. The molecule has 1 N–H and O–H groups in total. The highest BCUT2D eigenvalue weighted by Gasteiger charge is 2.11. The molecular formula is C18H27N3. The van der Waals surface area contributed by atoms with Crippen LogP contribution in [0.25, 0.3) is 0 Å². The molecule has 3 heteroatoms. The largest absolute Gasteiger partial charge is 0.317 e. The molecule has 1 aromatic carbocycles. The van der Waals surface area contributed by atoms with Gasteiger partial charge in [0.15, 0.2) is 0 Å². The van der Waals surface area contributed by atoms with Crippen LogP contribution in [0.3, 0.4) is 0 Å². The Bertz CT molecular complexity index is 591. The molecule has 0 fully saturated rings. The van der Waals surface area contributed by atoms with E-state index in [2.05, 4.69) is 62.8 Å². The number of hydrogen-bond acceptors (Lipinski definition) is 2. The summed E-state index contributed by atoms with van der Waals surface area (Å²) in [5, 5.41) is 8.12. The standard InChI is InChI=1S/C18H27N3/c1-6-19-8-7-18-15(4)20-21(16(18)5)12-17-10-13(2)9-14(3)11-17/h9-11,19H,6-8,12H2,1-5H3. The smallest absolute Gasteiger partial charge is 0.0662 e. The van der Waals surface area contributed by atoms with Crippen LogP contribution in [0.4, 0.5) is 0 Å². The Morgan fingerprint density at radius 1 is 1.05 bits per heavy atom. The summed E-state index contributed by atoms with van der Waals surface area (Å²) < 4.78 is 2.14. The normalized spacial score (nSPS) is 11.1. The van der Waals surface area contributed by atoms with Crippen LogP contribution in [0, 0.1) is 27.7 Å². The molecule has 0 spiro atoms. The van der Waals surface area contributed by atoms with Crippen LogP contribution in [-0.2, 0) is 13.0 Å². The maximum absolute atomic E-state index is 4.73. The van der Waals surface area contributed by atoms with Gasteiger partial charge in [0.2, 0.25) is 0 Å². The lowest BCUT2D eigenvalue weighted by Gasteiger charge is -2.08. The molecule has 0 amide bonds. The number of rotatable bonds is 6.